The number of quaternary nitrogens is 1. The summed E-state index contributed by atoms with van der Waals surface area (Å²) in [5.41, 5.74) is 0. The molecule has 9 heteroatoms. The molecule has 2 atom stereocenters. The molecule has 0 N–H and O–H groups in total. The molecule has 502 valence electrons. The Bertz CT molecular complexity index is 1440. The SMILES string of the molecule is CCCCCCC/C=C\C/C=C\CCCCCCCCCCCCCCCCCCCCCCCC(=O)OC(COC(=O)CCCCCCCCCCCCCCCCCCCCCCCCCCCCC)COC(OCC[N+](C)(C)C)C(=O)[O-]. The van der Waals surface area contributed by atoms with Crippen LogP contribution in [0.2, 0.25) is 0 Å². The van der Waals surface area contributed by atoms with E-state index in [0.717, 1.165) is 44.9 Å². The number of likely N-dealkylation sites (N-methyl/N-ethyl adjacent to an activating group) is 1. The quantitative estimate of drug-likeness (QED) is 0.0195. The van der Waals surface area contributed by atoms with Crippen LogP contribution in [0.5, 0.6) is 0 Å². The van der Waals surface area contributed by atoms with Crippen molar-refractivity contribution in [3.05, 3.63) is 24.3 Å². The fraction of sp³-hybridized carbons (Fsp3) is 0.908. The highest BCUT2D eigenvalue weighted by Crippen LogP contribution is 2.19. The number of aliphatic carboxylic acids is 1. The molecule has 0 amide bonds. The predicted octanol–water partition coefficient (Wildman–Crippen LogP) is 22.0. The predicted molar refractivity (Wildman–Crippen MR) is 362 cm³/mol. The van der Waals surface area contributed by atoms with Crippen LogP contribution in [0, 0.1) is 0 Å². The van der Waals surface area contributed by atoms with Crippen LogP contribution in [0.25, 0.3) is 0 Å². The highest BCUT2D eigenvalue weighted by molar-refractivity contribution is 5.70. The first-order valence-electron chi connectivity index (χ1n) is 37.5. The summed E-state index contributed by atoms with van der Waals surface area (Å²) in [5, 5.41) is 11.8. The van der Waals surface area contributed by atoms with Gasteiger partial charge < -0.3 is 33.3 Å². The van der Waals surface area contributed by atoms with Gasteiger partial charge >= 0.3 is 11.9 Å². The number of unbranched alkanes of at least 4 members (excludes halogenated alkanes) is 52. The summed E-state index contributed by atoms with van der Waals surface area (Å²) in [4.78, 5) is 37.5. The standard InChI is InChI=1S/C76H145NO8/c1-6-8-10-12-14-16-18-20-22-24-26-28-30-32-34-35-36-37-38-39-41-43-45-47-49-51-53-55-57-59-61-63-65-67-74(79)85-72(71-84-76(75(80)81)82-69-68-77(3,4)5)70-83-73(78)66-64-62-60-58-56-54-52-50-48-46-44-42-40-33-31-29-27-25-23-21-19-17-15-13-11-9-7-2/h18,20,24,26,72,76H,6-17,19,21-23,25,27-71H2,1-5H3/b20-18-,26-24-. The maximum Gasteiger partial charge on any atom is 0.306 e. The van der Waals surface area contributed by atoms with Gasteiger partial charge in [-0.2, -0.15) is 0 Å². The van der Waals surface area contributed by atoms with Crippen LogP contribution < -0.4 is 5.11 Å². The number of rotatable bonds is 71. The Morgan fingerprint density at radius 3 is 0.929 bits per heavy atom. The number of hydrogen-bond acceptors (Lipinski definition) is 8. The van der Waals surface area contributed by atoms with Gasteiger partial charge in [-0.15, -0.1) is 0 Å². The fourth-order valence-electron chi connectivity index (χ4n) is 11.5. The van der Waals surface area contributed by atoms with E-state index in [9.17, 15) is 19.5 Å². The lowest BCUT2D eigenvalue weighted by Crippen LogP contribution is -2.44. The summed E-state index contributed by atoms with van der Waals surface area (Å²) in [6.45, 7) is 4.82. The second-order valence-electron chi connectivity index (χ2n) is 27.0. The van der Waals surface area contributed by atoms with Gasteiger partial charge in [-0.3, -0.25) is 9.59 Å². The number of nitrogens with zero attached hydrogens (tertiary/aromatic N) is 1. The van der Waals surface area contributed by atoms with Crippen molar-refractivity contribution in [2.45, 2.75) is 399 Å². The summed E-state index contributed by atoms with van der Waals surface area (Å²) < 4.78 is 22.9. The van der Waals surface area contributed by atoms with Crippen molar-refractivity contribution in [3.8, 4) is 0 Å². The summed E-state index contributed by atoms with van der Waals surface area (Å²) >= 11 is 0. The average molecular weight is 1200 g/mol. The van der Waals surface area contributed by atoms with Gasteiger partial charge in [0.2, 0.25) is 0 Å². The zero-order valence-electron chi connectivity index (χ0n) is 57.5. The Morgan fingerprint density at radius 1 is 0.353 bits per heavy atom. The molecule has 0 saturated heterocycles. The van der Waals surface area contributed by atoms with E-state index in [-0.39, 0.29) is 32.2 Å². The largest absolute Gasteiger partial charge is 0.545 e. The highest BCUT2D eigenvalue weighted by atomic mass is 16.7. The van der Waals surface area contributed by atoms with E-state index < -0.39 is 24.3 Å². The number of carboxylic acid groups (broad SMARTS) is 1. The van der Waals surface area contributed by atoms with Gasteiger partial charge in [0.05, 0.1) is 40.3 Å². The molecule has 0 spiro atoms. The molecule has 0 aromatic rings. The first kappa shape index (κ1) is 82.8. The third-order valence-corrected chi connectivity index (χ3v) is 17.2. The van der Waals surface area contributed by atoms with Gasteiger partial charge in [0.25, 0.3) is 0 Å². The Hall–Kier alpha value is -2.23. The average Bonchev–Trinajstić information content (AvgIpc) is 3.49. The topological polar surface area (TPSA) is 111 Å². The molecule has 0 bridgehead atoms. The van der Waals surface area contributed by atoms with E-state index in [2.05, 4.69) is 38.2 Å². The smallest absolute Gasteiger partial charge is 0.306 e. The van der Waals surface area contributed by atoms with Crippen LogP contribution in [0.4, 0.5) is 0 Å². The van der Waals surface area contributed by atoms with Crippen molar-refractivity contribution >= 4 is 17.9 Å². The van der Waals surface area contributed by atoms with Crippen molar-refractivity contribution < 1.29 is 42.9 Å². The van der Waals surface area contributed by atoms with Crippen LogP contribution in [0.15, 0.2) is 24.3 Å². The molecule has 0 radical (unpaired) electrons. The summed E-state index contributed by atoms with van der Waals surface area (Å²) in [6, 6.07) is 0. The number of carbonyl (C=O) groups is 3. The van der Waals surface area contributed by atoms with E-state index >= 15 is 0 Å². The van der Waals surface area contributed by atoms with Gasteiger partial charge in [0, 0.05) is 12.8 Å². The maximum absolute atomic E-state index is 12.9. The minimum Gasteiger partial charge on any atom is -0.545 e. The summed E-state index contributed by atoms with van der Waals surface area (Å²) in [7, 11) is 5.95. The Labute approximate surface area is 528 Å². The molecule has 0 aliphatic rings. The second-order valence-corrected chi connectivity index (χ2v) is 27.0. The van der Waals surface area contributed by atoms with Crippen LogP contribution >= 0.6 is 0 Å². The zero-order valence-corrected chi connectivity index (χ0v) is 57.5. The number of hydrogen-bond donors (Lipinski definition) is 0. The zero-order chi connectivity index (χ0) is 61.9. The first-order valence-corrected chi connectivity index (χ1v) is 37.5. The molecule has 0 fully saturated rings. The lowest BCUT2D eigenvalue weighted by Gasteiger charge is -2.26. The van der Waals surface area contributed by atoms with Crippen molar-refractivity contribution in [2.24, 2.45) is 0 Å². The van der Waals surface area contributed by atoms with Gasteiger partial charge in [-0.1, -0.05) is 353 Å². The van der Waals surface area contributed by atoms with Crippen molar-refractivity contribution in [2.75, 3.05) is 47.5 Å². The van der Waals surface area contributed by atoms with Crippen LogP contribution in [0.3, 0.4) is 0 Å². The summed E-state index contributed by atoms with van der Waals surface area (Å²) in [6.07, 6.45) is 81.4. The summed E-state index contributed by atoms with van der Waals surface area (Å²) in [5.74, 6) is -2.25. The number of ether oxygens (including phenoxy) is 4. The molecule has 0 aliphatic heterocycles. The Balaban J connectivity index is 4.01. The normalized spacial score (nSPS) is 12.7. The van der Waals surface area contributed by atoms with Gasteiger partial charge in [-0.05, 0) is 44.9 Å². The monoisotopic (exact) mass is 1200 g/mol. The van der Waals surface area contributed by atoms with Gasteiger partial charge in [0.1, 0.15) is 13.2 Å². The lowest BCUT2D eigenvalue weighted by molar-refractivity contribution is -0.870. The molecule has 0 rings (SSSR count). The van der Waals surface area contributed by atoms with E-state index in [1.54, 1.807) is 0 Å². The number of carboxylic acids is 1. The molecule has 2 unspecified atom stereocenters. The van der Waals surface area contributed by atoms with Crippen LogP contribution in [-0.2, 0) is 33.3 Å². The number of esters is 2. The van der Waals surface area contributed by atoms with Gasteiger partial charge in [-0.25, -0.2) is 0 Å². The van der Waals surface area contributed by atoms with Crippen molar-refractivity contribution in [1.82, 2.24) is 0 Å². The molecule has 0 aromatic carbocycles. The third kappa shape index (κ3) is 69.1. The Morgan fingerprint density at radius 2 is 0.635 bits per heavy atom. The number of carbonyl (C=O) groups excluding carboxylic acids is 3. The second kappa shape index (κ2) is 67.7. The molecule has 9 nitrogen and oxygen atoms in total. The lowest BCUT2D eigenvalue weighted by atomic mass is 10.0. The molecule has 85 heavy (non-hydrogen) atoms. The van der Waals surface area contributed by atoms with E-state index in [1.807, 2.05) is 21.1 Å². The molecular weight excluding hydrogens is 1050 g/mol. The fourth-order valence-corrected chi connectivity index (χ4v) is 11.5. The maximum atomic E-state index is 12.9. The van der Waals surface area contributed by atoms with Crippen LogP contribution in [0.1, 0.15) is 386 Å². The number of allylic oxidation sites excluding steroid dienone is 4. The first-order chi connectivity index (χ1) is 41.6. The highest BCUT2D eigenvalue weighted by Gasteiger charge is 2.22. The van der Waals surface area contributed by atoms with Crippen molar-refractivity contribution in [3.63, 3.8) is 0 Å². The molecule has 0 aromatic heterocycles. The molecule has 0 aliphatic carbocycles. The molecule has 0 heterocycles. The molecular formula is C76H145NO8. The van der Waals surface area contributed by atoms with E-state index in [4.69, 9.17) is 18.9 Å². The Kier molecular flexibility index (Phi) is 65.9. The van der Waals surface area contributed by atoms with E-state index in [0.29, 0.717) is 17.4 Å². The van der Waals surface area contributed by atoms with Gasteiger partial charge in [0.15, 0.2) is 12.4 Å². The van der Waals surface area contributed by atoms with Crippen molar-refractivity contribution in [1.29, 1.82) is 0 Å². The molecule has 0 saturated carbocycles. The van der Waals surface area contributed by atoms with Crippen LogP contribution in [-0.4, -0.2) is 82.3 Å². The minimum atomic E-state index is -1.62. The third-order valence-electron chi connectivity index (χ3n) is 17.2. The minimum absolute atomic E-state index is 0.152. The van der Waals surface area contributed by atoms with E-state index in [1.165, 1.54) is 315 Å².